The summed E-state index contributed by atoms with van der Waals surface area (Å²) in [5.41, 5.74) is -0.0160. The van der Waals surface area contributed by atoms with E-state index in [-0.39, 0.29) is 28.4 Å². The third-order valence-electron chi connectivity index (χ3n) is 8.19. The van der Waals surface area contributed by atoms with Crippen molar-refractivity contribution in [3.63, 3.8) is 0 Å². The fourth-order valence-corrected chi connectivity index (χ4v) is 8.32. The molecule has 178 valence electrons. The van der Waals surface area contributed by atoms with Gasteiger partial charge in [0.1, 0.15) is 10.8 Å². The van der Waals surface area contributed by atoms with E-state index in [0.717, 1.165) is 46.6 Å². The van der Waals surface area contributed by atoms with Gasteiger partial charge in [-0.3, -0.25) is 4.79 Å². The molecule has 1 aliphatic heterocycles. The lowest BCUT2D eigenvalue weighted by Gasteiger charge is -2.56. The van der Waals surface area contributed by atoms with Gasteiger partial charge in [0.15, 0.2) is 11.7 Å². The van der Waals surface area contributed by atoms with Gasteiger partial charge in [-0.05, 0) is 73.1 Å². The molecule has 4 fully saturated rings. The lowest BCUT2D eigenvalue weighted by molar-refractivity contribution is -0.173. The Morgan fingerprint density at radius 1 is 1.21 bits per heavy atom. The van der Waals surface area contributed by atoms with Crippen LogP contribution in [0.1, 0.15) is 72.4 Å². The maximum Gasteiger partial charge on any atom is 0.410 e. The first-order chi connectivity index (χ1) is 15.7. The molecule has 5 aliphatic rings. The smallest absolute Gasteiger partial charge is 0.361 e. The van der Waals surface area contributed by atoms with Crippen molar-refractivity contribution in [1.29, 1.82) is 0 Å². The number of carbonyl (C=O) groups excluding carboxylic acids is 1. The zero-order valence-corrected chi connectivity index (χ0v) is 19.6. The van der Waals surface area contributed by atoms with E-state index < -0.39 is 24.2 Å². The van der Waals surface area contributed by atoms with Gasteiger partial charge in [0.25, 0.3) is 5.91 Å². The number of carbonyl (C=O) groups is 1. The largest absolute Gasteiger partial charge is 0.410 e. The number of anilines is 1. The first kappa shape index (κ1) is 21.8. The Morgan fingerprint density at radius 3 is 2.45 bits per heavy atom. The second-order valence-corrected chi connectivity index (χ2v) is 11.9. The maximum atomic E-state index is 13.9. The predicted molar refractivity (Wildman–Crippen MR) is 121 cm³/mol. The topological polar surface area (TPSA) is 59.0 Å². The Hall–Kier alpha value is -1.74. The summed E-state index contributed by atoms with van der Waals surface area (Å²) in [4.78, 5) is 13.9. The van der Waals surface area contributed by atoms with Crippen molar-refractivity contribution in [2.75, 3.05) is 11.9 Å². The third kappa shape index (κ3) is 3.75. The molecule has 2 N–H and O–H groups in total. The van der Waals surface area contributed by atoms with Crippen LogP contribution in [0, 0.1) is 23.2 Å². The lowest BCUT2D eigenvalue weighted by atomic mass is 9.49. The number of rotatable bonds is 4. The van der Waals surface area contributed by atoms with Crippen molar-refractivity contribution in [3.05, 3.63) is 33.1 Å². The fourth-order valence-electron chi connectivity index (χ4n) is 7.27. The van der Waals surface area contributed by atoms with Crippen LogP contribution in [0.25, 0.3) is 0 Å². The van der Waals surface area contributed by atoms with Crippen molar-refractivity contribution < 1.29 is 18.0 Å². The van der Waals surface area contributed by atoms with E-state index in [0.29, 0.717) is 6.54 Å². The van der Waals surface area contributed by atoms with Crippen LogP contribution in [-0.4, -0.2) is 28.4 Å². The Bertz CT molecular complexity index is 1030. The quantitative estimate of drug-likeness (QED) is 0.527. The van der Waals surface area contributed by atoms with E-state index >= 15 is 0 Å². The number of hydrogen-bond acceptors (Lipinski definition) is 4. The molecule has 0 radical (unpaired) electrons. The molecule has 0 unspecified atom stereocenters. The standard InChI is InChI=1S/C23H26ClF3N4OS/c24-18-19(21(32)28-11-22-8-12-4-13(9-22)6-14(5-12)10-22)30-31-17(23(25,26)27)7-15(29-20(18)31)16-2-1-3-33-16/h1-3,12-15,17,29H,4-11H2,(H,28,32)/t12?,13?,14?,15-,17+,22?/m1/s1. The third-order valence-corrected chi connectivity index (χ3v) is 9.53. The van der Waals surface area contributed by atoms with E-state index in [1.165, 1.54) is 30.6 Å². The molecule has 4 aliphatic carbocycles. The number of hydrogen-bond donors (Lipinski definition) is 2. The molecular weight excluding hydrogens is 473 g/mol. The SMILES string of the molecule is O=C(NCC12CC3CC(CC(C3)C1)C2)c1nn2c(c1Cl)N[C@@H](c1cccs1)C[C@H]2C(F)(F)F. The highest BCUT2D eigenvalue weighted by Crippen LogP contribution is 2.59. The molecular formula is C23H26ClF3N4OS. The molecule has 5 nitrogen and oxygen atoms in total. The summed E-state index contributed by atoms with van der Waals surface area (Å²) in [6.07, 6.45) is 2.61. The molecule has 3 heterocycles. The van der Waals surface area contributed by atoms with Crippen molar-refractivity contribution in [2.24, 2.45) is 23.2 Å². The van der Waals surface area contributed by atoms with Crippen LogP contribution in [0.15, 0.2) is 17.5 Å². The summed E-state index contributed by atoms with van der Waals surface area (Å²) in [6, 6.07) is 1.22. The highest BCUT2D eigenvalue weighted by molar-refractivity contribution is 7.10. The number of aromatic nitrogens is 2. The molecule has 4 bridgehead atoms. The average molecular weight is 499 g/mol. The van der Waals surface area contributed by atoms with Gasteiger partial charge in [-0.25, -0.2) is 4.68 Å². The van der Waals surface area contributed by atoms with Gasteiger partial charge in [0.2, 0.25) is 0 Å². The van der Waals surface area contributed by atoms with Gasteiger partial charge >= 0.3 is 6.18 Å². The number of halogens is 4. The summed E-state index contributed by atoms with van der Waals surface area (Å²) in [6.45, 7) is 0.543. The van der Waals surface area contributed by atoms with Crippen LogP contribution in [0.5, 0.6) is 0 Å². The highest BCUT2D eigenvalue weighted by atomic mass is 35.5. The minimum atomic E-state index is -4.51. The van der Waals surface area contributed by atoms with Crippen molar-refractivity contribution in [3.8, 4) is 0 Å². The Balaban J connectivity index is 1.24. The predicted octanol–water partition coefficient (Wildman–Crippen LogP) is 6.20. The molecule has 0 aromatic carbocycles. The van der Waals surface area contributed by atoms with Crippen molar-refractivity contribution in [2.45, 2.75) is 63.2 Å². The van der Waals surface area contributed by atoms with Crippen molar-refractivity contribution >= 4 is 34.7 Å². The minimum Gasteiger partial charge on any atom is -0.361 e. The number of nitrogens with zero attached hydrogens (tertiary/aromatic N) is 2. The molecule has 0 spiro atoms. The molecule has 1 amide bonds. The molecule has 4 saturated carbocycles. The summed E-state index contributed by atoms with van der Waals surface area (Å²) in [5.74, 6) is 1.82. The van der Waals surface area contributed by atoms with E-state index in [1.54, 1.807) is 12.1 Å². The summed E-state index contributed by atoms with van der Waals surface area (Å²) in [5, 5.41) is 11.9. The van der Waals surface area contributed by atoms with Gasteiger partial charge in [-0.2, -0.15) is 18.3 Å². The average Bonchev–Trinajstić information content (AvgIpc) is 3.38. The summed E-state index contributed by atoms with van der Waals surface area (Å²) >= 11 is 7.85. The van der Waals surface area contributed by atoms with E-state index in [1.807, 2.05) is 5.38 Å². The Morgan fingerprint density at radius 2 is 1.88 bits per heavy atom. The van der Waals surface area contributed by atoms with Gasteiger partial charge < -0.3 is 10.6 Å². The molecule has 10 heteroatoms. The minimum absolute atomic E-state index is 0.0477. The van der Waals surface area contributed by atoms with Crippen LogP contribution in [-0.2, 0) is 0 Å². The molecule has 0 saturated heterocycles. The molecule has 2 aromatic heterocycles. The number of thiophene rings is 1. The molecule has 7 rings (SSSR count). The zero-order chi connectivity index (χ0) is 23.0. The summed E-state index contributed by atoms with van der Waals surface area (Å²) in [7, 11) is 0. The van der Waals surface area contributed by atoms with Crippen LogP contribution in [0.2, 0.25) is 5.02 Å². The summed E-state index contributed by atoms with van der Waals surface area (Å²) < 4.78 is 42.6. The first-order valence-corrected chi connectivity index (χ1v) is 12.9. The lowest BCUT2D eigenvalue weighted by Crippen LogP contribution is -2.51. The Kier molecular flexibility index (Phi) is 5.04. The zero-order valence-electron chi connectivity index (χ0n) is 18.0. The van der Waals surface area contributed by atoms with E-state index in [9.17, 15) is 18.0 Å². The van der Waals surface area contributed by atoms with Crippen molar-refractivity contribution in [1.82, 2.24) is 15.1 Å². The number of fused-ring (bicyclic) bond motifs is 1. The van der Waals surface area contributed by atoms with Crippen LogP contribution >= 0.6 is 22.9 Å². The molecule has 2 atom stereocenters. The van der Waals surface area contributed by atoms with Gasteiger partial charge in [-0.1, -0.05) is 17.7 Å². The van der Waals surface area contributed by atoms with Crippen LogP contribution in [0.3, 0.4) is 0 Å². The van der Waals surface area contributed by atoms with Crippen LogP contribution < -0.4 is 10.6 Å². The molecule has 2 aromatic rings. The fraction of sp³-hybridized carbons (Fsp3) is 0.652. The Labute approximate surface area is 199 Å². The maximum absolute atomic E-state index is 13.9. The number of amides is 1. The highest BCUT2D eigenvalue weighted by Gasteiger charge is 2.51. The normalized spacial score (nSPS) is 34.7. The second-order valence-electron chi connectivity index (χ2n) is 10.6. The van der Waals surface area contributed by atoms with Gasteiger partial charge in [-0.15, -0.1) is 11.3 Å². The van der Waals surface area contributed by atoms with E-state index in [4.69, 9.17) is 11.6 Å². The second kappa shape index (κ2) is 7.63. The van der Waals surface area contributed by atoms with Gasteiger partial charge in [0, 0.05) is 17.8 Å². The first-order valence-electron chi connectivity index (χ1n) is 11.6. The molecule has 33 heavy (non-hydrogen) atoms. The monoisotopic (exact) mass is 498 g/mol. The van der Waals surface area contributed by atoms with E-state index in [2.05, 4.69) is 15.7 Å². The van der Waals surface area contributed by atoms with Crippen LogP contribution in [0.4, 0.5) is 19.0 Å². The van der Waals surface area contributed by atoms with Gasteiger partial charge in [0.05, 0.1) is 6.04 Å². The number of alkyl halides is 3. The number of nitrogens with one attached hydrogen (secondary N) is 2.